The van der Waals surface area contributed by atoms with E-state index < -0.39 is 0 Å². The minimum Gasteiger partial charge on any atom is -0.496 e. The zero-order chi connectivity index (χ0) is 20.1. The summed E-state index contributed by atoms with van der Waals surface area (Å²) < 4.78 is 11.5. The van der Waals surface area contributed by atoms with Crippen LogP contribution in [0.3, 0.4) is 0 Å². The highest BCUT2D eigenvalue weighted by molar-refractivity contribution is 7.11. The average Bonchev–Trinajstić information content (AvgIpc) is 3.18. The van der Waals surface area contributed by atoms with Crippen molar-refractivity contribution in [3.63, 3.8) is 0 Å². The van der Waals surface area contributed by atoms with Gasteiger partial charge in [0.05, 0.1) is 24.4 Å². The Morgan fingerprint density at radius 1 is 1.36 bits per heavy atom. The first-order chi connectivity index (χ1) is 13.5. The number of aliphatic imine (C=N–C) groups is 1. The molecule has 3 rings (SSSR count). The molecule has 0 spiro atoms. The van der Waals surface area contributed by atoms with Crippen LogP contribution in [0, 0.1) is 13.8 Å². The molecule has 1 atom stereocenters. The third-order valence-corrected chi connectivity index (χ3v) is 5.89. The summed E-state index contributed by atoms with van der Waals surface area (Å²) in [7, 11) is 1.70. The second-order valence-electron chi connectivity index (χ2n) is 7.03. The summed E-state index contributed by atoms with van der Waals surface area (Å²) in [5.74, 6) is 2.61. The molecule has 0 aliphatic carbocycles. The number of hydrogen-bond acceptors (Lipinski definition) is 5. The van der Waals surface area contributed by atoms with Gasteiger partial charge in [-0.2, -0.15) is 0 Å². The van der Waals surface area contributed by atoms with E-state index in [0.717, 1.165) is 59.7 Å². The van der Waals surface area contributed by atoms with Crippen molar-refractivity contribution in [3.05, 3.63) is 38.8 Å². The van der Waals surface area contributed by atoms with Crippen LogP contribution in [0.1, 0.15) is 40.6 Å². The Balaban J connectivity index is 1.64. The van der Waals surface area contributed by atoms with Gasteiger partial charge in [0.15, 0.2) is 5.96 Å². The van der Waals surface area contributed by atoms with Crippen molar-refractivity contribution in [1.82, 2.24) is 15.6 Å². The zero-order valence-electron chi connectivity index (χ0n) is 17.4. The maximum absolute atomic E-state index is 5.89. The van der Waals surface area contributed by atoms with E-state index >= 15 is 0 Å². The van der Waals surface area contributed by atoms with Crippen LogP contribution >= 0.6 is 11.3 Å². The van der Waals surface area contributed by atoms with Gasteiger partial charge in [0.2, 0.25) is 0 Å². The van der Waals surface area contributed by atoms with E-state index in [-0.39, 0.29) is 6.10 Å². The highest BCUT2D eigenvalue weighted by atomic mass is 32.1. The molecule has 2 N–H and O–H groups in total. The molecule has 0 fully saturated rings. The Hall–Kier alpha value is -2.28. The number of guanidine groups is 1. The van der Waals surface area contributed by atoms with E-state index in [0.29, 0.717) is 6.54 Å². The fourth-order valence-corrected chi connectivity index (χ4v) is 4.17. The van der Waals surface area contributed by atoms with Gasteiger partial charge in [-0.1, -0.05) is 0 Å². The predicted octanol–water partition coefficient (Wildman–Crippen LogP) is 3.39. The van der Waals surface area contributed by atoms with Crippen LogP contribution in [0.4, 0.5) is 0 Å². The third-order valence-electron chi connectivity index (χ3n) is 4.75. The number of rotatable bonds is 7. The Morgan fingerprint density at radius 3 is 2.86 bits per heavy atom. The van der Waals surface area contributed by atoms with Crippen LogP contribution in [0.15, 0.2) is 17.1 Å². The third kappa shape index (κ3) is 4.95. The zero-order valence-corrected chi connectivity index (χ0v) is 18.2. The van der Waals surface area contributed by atoms with Gasteiger partial charge >= 0.3 is 0 Å². The fraction of sp³-hybridized carbons (Fsp3) is 0.524. The minimum absolute atomic E-state index is 0.218. The quantitative estimate of drug-likeness (QED) is 0.549. The molecular formula is C21H30N4O2S. The molecule has 6 nitrogen and oxygen atoms in total. The van der Waals surface area contributed by atoms with Gasteiger partial charge in [-0.25, -0.2) is 9.98 Å². The first-order valence-corrected chi connectivity index (χ1v) is 10.6. The summed E-state index contributed by atoms with van der Waals surface area (Å²) in [6, 6.07) is 4.14. The van der Waals surface area contributed by atoms with Gasteiger partial charge in [0.1, 0.15) is 17.6 Å². The number of aromatic nitrogens is 1. The molecule has 1 unspecified atom stereocenters. The molecule has 1 aromatic carbocycles. The first kappa shape index (κ1) is 20.5. The molecule has 0 saturated heterocycles. The van der Waals surface area contributed by atoms with Gasteiger partial charge in [-0.05, 0) is 39.8 Å². The molecule has 2 heterocycles. The number of aryl methyl sites for hydroxylation is 2. The molecule has 0 amide bonds. The number of nitrogens with one attached hydrogen (secondary N) is 2. The lowest BCUT2D eigenvalue weighted by Crippen LogP contribution is -2.38. The summed E-state index contributed by atoms with van der Waals surface area (Å²) in [5, 5.41) is 7.86. The van der Waals surface area contributed by atoms with E-state index in [4.69, 9.17) is 14.5 Å². The van der Waals surface area contributed by atoms with E-state index in [9.17, 15) is 0 Å². The van der Waals surface area contributed by atoms with Gasteiger partial charge in [0, 0.05) is 41.9 Å². The Bertz CT molecular complexity index is 828. The molecule has 2 aromatic rings. The predicted molar refractivity (Wildman–Crippen MR) is 115 cm³/mol. The molecule has 1 aromatic heterocycles. The minimum atomic E-state index is 0.218. The number of thiazole rings is 1. The molecule has 0 bridgehead atoms. The molecule has 0 saturated carbocycles. The number of fused-ring (bicyclic) bond motifs is 1. The van der Waals surface area contributed by atoms with E-state index in [2.05, 4.69) is 55.4 Å². The standard InChI is InChI=1S/C21H30N4O2S/c1-6-22-21(23-8-7-20-25-14(3)15(4)28-20)24-12-17-11-19-16(9-13(2)27-19)10-18(17)26-5/h10-11,13H,6-9,12H2,1-5H3,(H2,22,23,24). The topological polar surface area (TPSA) is 67.8 Å². The molecule has 1 aliphatic rings. The van der Waals surface area contributed by atoms with Crippen LogP contribution in [0.25, 0.3) is 0 Å². The molecular weight excluding hydrogens is 372 g/mol. The van der Waals surface area contributed by atoms with Gasteiger partial charge in [-0.3, -0.25) is 0 Å². The molecule has 0 radical (unpaired) electrons. The van der Waals surface area contributed by atoms with Crippen molar-refractivity contribution in [1.29, 1.82) is 0 Å². The van der Waals surface area contributed by atoms with Crippen molar-refractivity contribution in [2.75, 3.05) is 20.2 Å². The lowest BCUT2D eigenvalue weighted by atomic mass is 10.1. The first-order valence-electron chi connectivity index (χ1n) is 9.81. The number of ether oxygens (including phenoxy) is 2. The summed E-state index contributed by atoms with van der Waals surface area (Å²) in [6.07, 6.45) is 2.03. The largest absolute Gasteiger partial charge is 0.496 e. The van der Waals surface area contributed by atoms with Crippen molar-refractivity contribution >= 4 is 17.3 Å². The summed E-state index contributed by atoms with van der Waals surface area (Å²) in [5.41, 5.74) is 3.36. The average molecular weight is 403 g/mol. The SMILES string of the molecule is CCNC(=NCc1cc2c(cc1OC)CC(C)O2)NCCc1nc(C)c(C)s1. The number of hydrogen-bond donors (Lipinski definition) is 2. The maximum Gasteiger partial charge on any atom is 0.191 e. The van der Waals surface area contributed by atoms with Crippen molar-refractivity contribution in [2.45, 2.75) is 53.2 Å². The van der Waals surface area contributed by atoms with Crippen LogP contribution in [0.2, 0.25) is 0 Å². The highest BCUT2D eigenvalue weighted by Gasteiger charge is 2.21. The Labute approximate surface area is 171 Å². The van der Waals surface area contributed by atoms with Crippen molar-refractivity contribution in [2.24, 2.45) is 4.99 Å². The lowest BCUT2D eigenvalue weighted by Gasteiger charge is -2.13. The maximum atomic E-state index is 5.89. The molecule has 152 valence electrons. The monoisotopic (exact) mass is 402 g/mol. The molecule has 28 heavy (non-hydrogen) atoms. The lowest BCUT2D eigenvalue weighted by molar-refractivity contribution is 0.254. The highest BCUT2D eigenvalue weighted by Crippen LogP contribution is 2.35. The number of benzene rings is 1. The summed E-state index contributed by atoms with van der Waals surface area (Å²) in [6.45, 7) is 10.5. The van der Waals surface area contributed by atoms with Gasteiger partial charge in [0.25, 0.3) is 0 Å². The van der Waals surface area contributed by atoms with Crippen molar-refractivity contribution in [3.8, 4) is 11.5 Å². The van der Waals surface area contributed by atoms with Gasteiger partial charge in [-0.15, -0.1) is 11.3 Å². The normalized spacial score (nSPS) is 15.9. The van der Waals surface area contributed by atoms with E-state index in [1.54, 1.807) is 18.4 Å². The molecule has 1 aliphatic heterocycles. The van der Waals surface area contributed by atoms with Crippen LogP contribution in [-0.2, 0) is 19.4 Å². The Morgan fingerprint density at radius 2 is 2.18 bits per heavy atom. The summed E-state index contributed by atoms with van der Waals surface area (Å²) >= 11 is 1.76. The van der Waals surface area contributed by atoms with Crippen LogP contribution < -0.4 is 20.1 Å². The van der Waals surface area contributed by atoms with Crippen molar-refractivity contribution < 1.29 is 9.47 Å². The second kappa shape index (κ2) is 9.28. The van der Waals surface area contributed by atoms with Crippen LogP contribution in [-0.4, -0.2) is 37.2 Å². The van der Waals surface area contributed by atoms with E-state index in [1.165, 1.54) is 10.4 Å². The Kier molecular flexibility index (Phi) is 6.78. The molecule has 7 heteroatoms. The fourth-order valence-electron chi connectivity index (χ4n) is 3.23. The van der Waals surface area contributed by atoms with Crippen LogP contribution in [0.5, 0.6) is 11.5 Å². The summed E-state index contributed by atoms with van der Waals surface area (Å²) in [4.78, 5) is 10.6. The van der Waals surface area contributed by atoms with E-state index in [1.807, 2.05) is 0 Å². The number of methoxy groups -OCH3 is 1. The number of nitrogens with zero attached hydrogens (tertiary/aromatic N) is 2. The van der Waals surface area contributed by atoms with Gasteiger partial charge < -0.3 is 20.1 Å². The smallest absolute Gasteiger partial charge is 0.191 e. The second-order valence-corrected chi connectivity index (χ2v) is 8.31.